The number of hydrogen-bond acceptors (Lipinski definition) is 2. The van der Waals surface area contributed by atoms with Crippen LogP contribution < -0.4 is 0 Å². The summed E-state index contributed by atoms with van der Waals surface area (Å²) < 4.78 is 18.5. The molecule has 0 amide bonds. The van der Waals surface area contributed by atoms with Crippen LogP contribution >= 0.6 is 0 Å². The van der Waals surface area contributed by atoms with Crippen molar-refractivity contribution in [2.24, 2.45) is 0 Å². The molecule has 1 aromatic heterocycles. The Morgan fingerprint density at radius 2 is 2.19 bits per heavy atom. The number of benzene rings is 1. The number of ketones is 1. The van der Waals surface area contributed by atoms with Gasteiger partial charge in [-0.3, -0.25) is 4.79 Å². The van der Waals surface area contributed by atoms with Crippen molar-refractivity contribution < 1.29 is 13.6 Å². The molecule has 3 heteroatoms. The molecule has 0 unspecified atom stereocenters. The van der Waals surface area contributed by atoms with Crippen LogP contribution in [0.2, 0.25) is 0 Å². The van der Waals surface area contributed by atoms with Gasteiger partial charge in [0.1, 0.15) is 11.4 Å². The molecule has 0 spiro atoms. The van der Waals surface area contributed by atoms with E-state index in [-0.39, 0.29) is 11.6 Å². The van der Waals surface area contributed by atoms with Crippen molar-refractivity contribution in [3.8, 4) is 0 Å². The smallest absolute Gasteiger partial charge is 0.198 e. The molecule has 84 valence electrons. The second kappa shape index (κ2) is 4.08. The van der Waals surface area contributed by atoms with E-state index < -0.39 is 0 Å². The summed E-state index contributed by atoms with van der Waals surface area (Å²) in [5.41, 5.74) is 1.30. The topological polar surface area (TPSA) is 30.2 Å². The predicted molar refractivity (Wildman–Crippen MR) is 60.1 cm³/mol. The van der Waals surface area contributed by atoms with Crippen molar-refractivity contribution in [3.05, 3.63) is 35.3 Å². The number of carbonyl (C=O) groups excluding carboxylic acids is 1. The maximum Gasteiger partial charge on any atom is 0.198 e. The maximum atomic E-state index is 13.0. The van der Waals surface area contributed by atoms with Gasteiger partial charge in [-0.25, -0.2) is 4.39 Å². The molecule has 0 N–H and O–H groups in total. The summed E-state index contributed by atoms with van der Waals surface area (Å²) in [7, 11) is 0. The zero-order chi connectivity index (χ0) is 11.7. The zero-order valence-corrected chi connectivity index (χ0v) is 9.34. The van der Waals surface area contributed by atoms with Crippen LogP contribution in [-0.2, 0) is 0 Å². The fourth-order valence-corrected chi connectivity index (χ4v) is 1.80. The van der Waals surface area contributed by atoms with Crippen LogP contribution in [0.15, 0.2) is 22.6 Å². The zero-order valence-electron chi connectivity index (χ0n) is 9.34. The molecule has 0 aliphatic heterocycles. The summed E-state index contributed by atoms with van der Waals surface area (Å²) >= 11 is 0. The third kappa shape index (κ3) is 1.73. The predicted octanol–water partition coefficient (Wildman–Crippen LogP) is 3.86. The minimum Gasteiger partial charge on any atom is -0.453 e. The van der Waals surface area contributed by atoms with Gasteiger partial charge in [-0.1, -0.05) is 6.92 Å². The molecule has 1 heterocycles. The van der Waals surface area contributed by atoms with Gasteiger partial charge in [-0.05, 0) is 31.5 Å². The van der Waals surface area contributed by atoms with Gasteiger partial charge in [0, 0.05) is 17.4 Å². The number of carbonyl (C=O) groups is 1. The highest BCUT2D eigenvalue weighted by Crippen LogP contribution is 2.26. The quantitative estimate of drug-likeness (QED) is 0.735. The number of fused-ring (bicyclic) bond motifs is 1. The van der Waals surface area contributed by atoms with Gasteiger partial charge in [-0.2, -0.15) is 0 Å². The minimum atomic E-state index is -0.314. The number of halogens is 1. The van der Waals surface area contributed by atoms with Crippen LogP contribution in [0.3, 0.4) is 0 Å². The van der Waals surface area contributed by atoms with Gasteiger partial charge in [0.25, 0.3) is 0 Å². The Hall–Kier alpha value is -1.64. The Balaban J connectivity index is 2.56. The molecular formula is C13H13FO2. The summed E-state index contributed by atoms with van der Waals surface area (Å²) in [6, 6.07) is 4.29. The average Bonchev–Trinajstić information content (AvgIpc) is 2.57. The van der Waals surface area contributed by atoms with Gasteiger partial charge < -0.3 is 4.42 Å². The average molecular weight is 220 g/mol. The van der Waals surface area contributed by atoms with Crippen LogP contribution in [0.4, 0.5) is 4.39 Å². The van der Waals surface area contributed by atoms with Gasteiger partial charge in [0.15, 0.2) is 11.5 Å². The Morgan fingerprint density at radius 1 is 1.44 bits per heavy atom. The van der Waals surface area contributed by atoms with Gasteiger partial charge in [-0.15, -0.1) is 0 Å². The summed E-state index contributed by atoms with van der Waals surface area (Å²) in [6.07, 6.45) is 1.24. The molecule has 0 radical (unpaired) electrons. The fourth-order valence-electron chi connectivity index (χ4n) is 1.80. The Kier molecular flexibility index (Phi) is 2.77. The van der Waals surface area contributed by atoms with Crippen molar-refractivity contribution >= 4 is 16.8 Å². The summed E-state index contributed by atoms with van der Waals surface area (Å²) in [4.78, 5) is 11.7. The highest BCUT2D eigenvalue weighted by Gasteiger charge is 2.16. The van der Waals surface area contributed by atoms with E-state index in [9.17, 15) is 9.18 Å². The number of aryl methyl sites for hydroxylation is 1. The lowest BCUT2D eigenvalue weighted by Gasteiger charge is -1.94. The van der Waals surface area contributed by atoms with E-state index in [0.717, 1.165) is 12.0 Å². The lowest BCUT2D eigenvalue weighted by molar-refractivity contribution is 0.0956. The first-order chi connectivity index (χ1) is 7.63. The van der Waals surface area contributed by atoms with Gasteiger partial charge >= 0.3 is 0 Å². The fraction of sp³-hybridized carbons (Fsp3) is 0.308. The van der Waals surface area contributed by atoms with E-state index >= 15 is 0 Å². The maximum absolute atomic E-state index is 13.0. The molecule has 2 rings (SSSR count). The van der Waals surface area contributed by atoms with E-state index in [0.29, 0.717) is 23.2 Å². The number of hydrogen-bond donors (Lipinski definition) is 0. The molecule has 16 heavy (non-hydrogen) atoms. The van der Waals surface area contributed by atoms with E-state index in [4.69, 9.17) is 4.42 Å². The highest BCUT2D eigenvalue weighted by molar-refractivity contribution is 6.00. The largest absolute Gasteiger partial charge is 0.453 e. The molecule has 1 aromatic carbocycles. The Morgan fingerprint density at radius 3 is 2.88 bits per heavy atom. The van der Waals surface area contributed by atoms with Crippen LogP contribution in [0.5, 0.6) is 0 Å². The molecular weight excluding hydrogens is 207 g/mol. The first-order valence-corrected chi connectivity index (χ1v) is 5.35. The van der Waals surface area contributed by atoms with Crippen LogP contribution in [0.25, 0.3) is 11.0 Å². The van der Waals surface area contributed by atoms with Crippen molar-refractivity contribution in [3.63, 3.8) is 0 Å². The monoisotopic (exact) mass is 220 g/mol. The second-order valence-corrected chi connectivity index (χ2v) is 3.87. The Labute approximate surface area is 93.1 Å². The third-order valence-corrected chi connectivity index (χ3v) is 2.63. The minimum absolute atomic E-state index is 0.0170. The first-order valence-electron chi connectivity index (χ1n) is 5.35. The van der Waals surface area contributed by atoms with Crippen LogP contribution in [-0.4, -0.2) is 5.78 Å². The molecule has 0 atom stereocenters. The molecule has 0 aliphatic carbocycles. The normalized spacial score (nSPS) is 10.9. The van der Waals surface area contributed by atoms with E-state index in [1.165, 1.54) is 12.1 Å². The lowest BCUT2D eigenvalue weighted by Crippen LogP contribution is -1.97. The molecule has 0 saturated heterocycles. The van der Waals surface area contributed by atoms with Crippen molar-refractivity contribution in [2.75, 3.05) is 0 Å². The van der Waals surface area contributed by atoms with Crippen LogP contribution in [0, 0.1) is 12.7 Å². The van der Waals surface area contributed by atoms with Gasteiger partial charge in [0.05, 0.1) is 0 Å². The van der Waals surface area contributed by atoms with Crippen LogP contribution in [0.1, 0.15) is 35.9 Å². The SMILES string of the molecule is CCCC(=O)c1oc2ccc(F)cc2c1C. The van der Waals surface area contributed by atoms with Crippen molar-refractivity contribution in [2.45, 2.75) is 26.7 Å². The standard InChI is InChI=1S/C13H13FO2/c1-3-4-11(15)13-8(2)10-7-9(14)5-6-12(10)16-13/h5-7H,3-4H2,1-2H3. The summed E-state index contributed by atoms with van der Waals surface area (Å²) in [5.74, 6) is 0.0324. The summed E-state index contributed by atoms with van der Waals surface area (Å²) in [5, 5.41) is 0.680. The molecule has 0 saturated carbocycles. The third-order valence-electron chi connectivity index (χ3n) is 2.63. The molecule has 0 bridgehead atoms. The second-order valence-electron chi connectivity index (χ2n) is 3.87. The number of rotatable bonds is 3. The number of furan rings is 1. The van der Waals surface area contributed by atoms with E-state index in [1.807, 2.05) is 6.92 Å². The van der Waals surface area contributed by atoms with E-state index in [2.05, 4.69) is 0 Å². The van der Waals surface area contributed by atoms with Gasteiger partial charge in [0.2, 0.25) is 0 Å². The molecule has 0 fully saturated rings. The molecule has 0 aliphatic rings. The first kappa shape index (κ1) is 10.9. The molecule has 2 aromatic rings. The van der Waals surface area contributed by atoms with Crippen molar-refractivity contribution in [1.29, 1.82) is 0 Å². The van der Waals surface area contributed by atoms with E-state index in [1.54, 1.807) is 13.0 Å². The Bertz CT molecular complexity index is 540. The lowest BCUT2D eigenvalue weighted by atomic mass is 10.1. The highest BCUT2D eigenvalue weighted by atomic mass is 19.1. The number of Topliss-reactive ketones (excluding diaryl/α,β-unsaturated/α-hetero) is 1. The van der Waals surface area contributed by atoms with Crippen molar-refractivity contribution in [1.82, 2.24) is 0 Å². The summed E-state index contributed by atoms with van der Waals surface area (Å²) in [6.45, 7) is 3.73. The molecule has 2 nitrogen and oxygen atoms in total.